The summed E-state index contributed by atoms with van der Waals surface area (Å²) in [6, 6.07) is 0. The Hall–Kier alpha value is 0.759. The molecule has 0 heterocycles. The summed E-state index contributed by atoms with van der Waals surface area (Å²) in [5.74, 6) is 0. The third kappa shape index (κ3) is 1.94. The molecule has 0 N–H and O–H groups in total. The van der Waals surface area contributed by atoms with Crippen LogP contribution in [-0.2, 0) is 3.07 Å². The summed E-state index contributed by atoms with van der Waals surface area (Å²) in [6.07, 6.45) is 7.51. The van der Waals surface area contributed by atoms with Gasteiger partial charge in [-0.3, -0.25) is 0 Å². The predicted octanol–water partition coefficient (Wildman–Crippen LogP) is 1.15. The van der Waals surface area contributed by atoms with Crippen LogP contribution in [-0.4, -0.2) is 29.0 Å². The molecule has 2 heteroatoms. The van der Waals surface area contributed by atoms with Crippen LogP contribution < -0.4 is 0 Å². The molecule has 0 saturated heterocycles. The predicted molar refractivity (Wildman–Crippen MR) is 35.1 cm³/mol. The molecule has 8 heavy (non-hydrogen) atoms. The summed E-state index contributed by atoms with van der Waals surface area (Å²) in [7, 11) is 0. The van der Waals surface area contributed by atoms with E-state index in [9.17, 15) is 0 Å². The van der Waals surface area contributed by atoms with Crippen molar-refractivity contribution in [3.63, 3.8) is 0 Å². The van der Waals surface area contributed by atoms with E-state index in [4.69, 9.17) is 3.07 Å². The zero-order chi connectivity index (χ0) is 5.82. The van der Waals surface area contributed by atoms with Crippen LogP contribution in [0.1, 0.15) is 32.1 Å². The number of hydrogen-bond donors (Lipinski definition) is 0. The first-order valence-corrected chi connectivity index (χ1v) is 4.63. The normalized spacial score (nSPS) is 23.6. The molecule has 0 aromatic carbocycles. The maximum atomic E-state index is 5.32. The van der Waals surface area contributed by atoms with Gasteiger partial charge in [-0.25, -0.2) is 0 Å². The Balaban J connectivity index is 2.13. The fourth-order valence-corrected chi connectivity index (χ4v) is 1.98. The van der Waals surface area contributed by atoms with Crippen LogP contribution >= 0.6 is 0 Å². The Bertz CT molecular complexity index is 59.5. The molecule has 1 saturated carbocycles. The Morgan fingerprint density at radius 1 is 1.12 bits per heavy atom. The molecule has 0 aromatic heterocycles. The molecule has 0 aromatic rings. The summed E-state index contributed by atoms with van der Waals surface area (Å²) in [5.41, 5.74) is 0. The van der Waals surface area contributed by atoms with Gasteiger partial charge in [0.1, 0.15) is 0 Å². The molecule has 46 valence electrons. The van der Waals surface area contributed by atoms with Crippen LogP contribution in [0.3, 0.4) is 0 Å². The quantitative estimate of drug-likeness (QED) is 0.601. The average molecular weight is 219 g/mol. The zero-order valence-electron chi connectivity index (χ0n) is 5.10. The summed E-state index contributed by atoms with van der Waals surface area (Å²) >= 11 is 0.987. The van der Waals surface area contributed by atoms with Crippen molar-refractivity contribution in [1.82, 2.24) is 0 Å². The van der Waals surface area contributed by atoms with E-state index in [1.54, 1.807) is 0 Å². The minimum atomic E-state index is 0.645. The second-order valence-corrected chi connectivity index (χ2v) is 3.17. The van der Waals surface area contributed by atoms with Gasteiger partial charge in [-0.2, -0.15) is 0 Å². The van der Waals surface area contributed by atoms with Crippen molar-refractivity contribution >= 4 is 22.9 Å². The molecule has 0 aliphatic heterocycles. The Labute approximate surface area is 64.4 Å². The second-order valence-electron chi connectivity index (χ2n) is 2.40. The van der Waals surface area contributed by atoms with Crippen LogP contribution in [0.5, 0.6) is 0 Å². The van der Waals surface area contributed by atoms with Gasteiger partial charge in [-0.1, -0.05) is 0 Å². The van der Waals surface area contributed by atoms with Gasteiger partial charge < -0.3 is 0 Å². The molecule has 2 radical (unpaired) electrons. The van der Waals surface area contributed by atoms with Gasteiger partial charge in [0.2, 0.25) is 0 Å². The van der Waals surface area contributed by atoms with Gasteiger partial charge in [0.15, 0.2) is 0 Å². The molecule has 0 atom stereocenters. The standard InChI is InChI=1S/C6H11O.Sn.H/c7-6-4-2-1-3-5-6;;/h6H,1-5H2;;/q-1;+1;. The van der Waals surface area contributed by atoms with Gasteiger partial charge in [0, 0.05) is 0 Å². The van der Waals surface area contributed by atoms with Crippen LogP contribution in [0.25, 0.3) is 0 Å². The average Bonchev–Trinajstić information content (AvgIpc) is 1.90. The van der Waals surface area contributed by atoms with Crippen molar-refractivity contribution in [3.8, 4) is 0 Å². The monoisotopic (exact) mass is 220 g/mol. The first-order chi connectivity index (χ1) is 3.93. The molecule has 1 aliphatic rings. The van der Waals surface area contributed by atoms with Crippen LogP contribution in [0, 0.1) is 0 Å². The number of rotatable bonds is 1. The van der Waals surface area contributed by atoms with Crippen LogP contribution in [0.4, 0.5) is 0 Å². The SMILES string of the molecule is [SnH][O]C1CCCCC1. The Morgan fingerprint density at radius 3 is 2.12 bits per heavy atom. The van der Waals surface area contributed by atoms with E-state index in [1.807, 2.05) is 0 Å². The van der Waals surface area contributed by atoms with Gasteiger partial charge in [-0.15, -0.1) is 0 Å². The van der Waals surface area contributed by atoms with E-state index in [2.05, 4.69) is 0 Å². The Morgan fingerprint density at radius 2 is 1.75 bits per heavy atom. The van der Waals surface area contributed by atoms with Crippen molar-refractivity contribution in [1.29, 1.82) is 0 Å². The summed E-state index contributed by atoms with van der Waals surface area (Å²) in [6.45, 7) is 0. The molecular formula is C6H12OSn. The van der Waals surface area contributed by atoms with Crippen molar-refractivity contribution in [2.45, 2.75) is 38.2 Å². The topological polar surface area (TPSA) is 9.23 Å². The molecule has 1 fully saturated rings. The van der Waals surface area contributed by atoms with E-state index >= 15 is 0 Å². The van der Waals surface area contributed by atoms with Crippen molar-refractivity contribution in [2.24, 2.45) is 0 Å². The Kier molecular flexibility index (Phi) is 3.20. The van der Waals surface area contributed by atoms with E-state index in [-0.39, 0.29) is 0 Å². The van der Waals surface area contributed by atoms with Crippen LogP contribution in [0.15, 0.2) is 0 Å². The van der Waals surface area contributed by atoms with Crippen LogP contribution in [0.2, 0.25) is 0 Å². The van der Waals surface area contributed by atoms with E-state index in [1.165, 1.54) is 32.1 Å². The van der Waals surface area contributed by atoms with Gasteiger partial charge >= 0.3 is 64.2 Å². The third-order valence-electron chi connectivity index (χ3n) is 1.74. The minimum absolute atomic E-state index is 0.645. The summed E-state index contributed by atoms with van der Waals surface area (Å²) < 4.78 is 5.32. The molecule has 1 aliphatic carbocycles. The van der Waals surface area contributed by atoms with Gasteiger partial charge in [0.05, 0.1) is 0 Å². The van der Waals surface area contributed by atoms with E-state index in [0.29, 0.717) is 6.10 Å². The molecule has 0 amide bonds. The maximum absolute atomic E-state index is 5.32. The van der Waals surface area contributed by atoms with Crippen molar-refractivity contribution in [3.05, 3.63) is 0 Å². The molecule has 1 rings (SSSR count). The molecule has 0 bridgehead atoms. The van der Waals surface area contributed by atoms with Gasteiger partial charge in [0.25, 0.3) is 0 Å². The third-order valence-corrected chi connectivity index (χ3v) is 2.84. The van der Waals surface area contributed by atoms with Crippen molar-refractivity contribution < 1.29 is 3.07 Å². The molecular weight excluding hydrogens is 207 g/mol. The fourth-order valence-electron chi connectivity index (χ4n) is 1.20. The zero-order valence-corrected chi connectivity index (χ0v) is 8.39. The second kappa shape index (κ2) is 3.72. The summed E-state index contributed by atoms with van der Waals surface area (Å²) in [5, 5.41) is 0. The van der Waals surface area contributed by atoms with E-state index in [0.717, 1.165) is 22.9 Å². The van der Waals surface area contributed by atoms with E-state index < -0.39 is 0 Å². The number of hydrogen-bond acceptors (Lipinski definition) is 1. The van der Waals surface area contributed by atoms with Crippen molar-refractivity contribution in [2.75, 3.05) is 0 Å². The molecule has 0 unspecified atom stereocenters. The first kappa shape index (κ1) is 6.87. The fraction of sp³-hybridized carbons (Fsp3) is 1.00. The van der Waals surface area contributed by atoms with Gasteiger partial charge in [-0.05, 0) is 0 Å². The molecule has 0 spiro atoms. The summed E-state index contributed by atoms with van der Waals surface area (Å²) in [4.78, 5) is 0. The first-order valence-electron chi connectivity index (χ1n) is 3.29. The molecule has 1 nitrogen and oxygen atoms in total.